The number of nitrogens with two attached hydrogens (primary N) is 1. The van der Waals surface area contributed by atoms with Crippen LogP contribution in [0, 0.1) is 0 Å². The Bertz CT molecular complexity index is 673. The number of pyridine rings is 1. The topological polar surface area (TPSA) is 52.0 Å². The quantitative estimate of drug-likeness (QED) is 0.740. The maximum absolute atomic E-state index is 5.74. The minimum atomic E-state index is 0.644. The summed E-state index contributed by atoms with van der Waals surface area (Å²) >= 11 is 3.49. The van der Waals surface area contributed by atoms with Crippen LogP contribution in [0.5, 0.6) is 0 Å². The standard InChI is InChI=1S/C13H9BrN2O/c14-10-2-1-3-12-9(10)6-13(17-12)11-5-4-8(15)7-16-11/h1-7H,15H2. The predicted octanol–water partition coefficient (Wildman–Crippen LogP) is 3.84. The first kappa shape index (κ1) is 10.4. The van der Waals surface area contributed by atoms with E-state index >= 15 is 0 Å². The smallest absolute Gasteiger partial charge is 0.153 e. The fourth-order valence-electron chi connectivity index (χ4n) is 1.70. The van der Waals surface area contributed by atoms with Crippen LogP contribution in [0.2, 0.25) is 0 Å². The molecular formula is C13H9BrN2O. The van der Waals surface area contributed by atoms with Crippen LogP contribution >= 0.6 is 15.9 Å². The third-order valence-electron chi connectivity index (χ3n) is 2.55. The fraction of sp³-hybridized carbons (Fsp3) is 0. The number of halogens is 1. The van der Waals surface area contributed by atoms with Gasteiger partial charge in [0.15, 0.2) is 5.76 Å². The van der Waals surface area contributed by atoms with E-state index in [2.05, 4.69) is 20.9 Å². The van der Waals surface area contributed by atoms with Crippen molar-refractivity contribution in [3.05, 3.63) is 47.1 Å². The van der Waals surface area contributed by atoms with Crippen LogP contribution in [0.4, 0.5) is 5.69 Å². The van der Waals surface area contributed by atoms with Gasteiger partial charge in [-0.05, 0) is 30.3 Å². The van der Waals surface area contributed by atoms with Crippen LogP contribution < -0.4 is 5.73 Å². The Balaban J connectivity index is 2.18. The zero-order valence-electron chi connectivity index (χ0n) is 8.85. The molecule has 3 rings (SSSR count). The zero-order chi connectivity index (χ0) is 11.8. The molecule has 0 aliphatic heterocycles. The zero-order valence-corrected chi connectivity index (χ0v) is 10.4. The van der Waals surface area contributed by atoms with Gasteiger partial charge in [0.05, 0.1) is 11.9 Å². The summed E-state index contributed by atoms with van der Waals surface area (Å²) in [6.45, 7) is 0. The van der Waals surface area contributed by atoms with Gasteiger partial charge in [0, 0.05) is 9.86 Å². The Labute approximate surface area is 106 Å². The highest BCUT2D eigenvalue weighted by atomic mass is 79.9. The second-order valence-corrected chi connectivity index (χ2v) is 4.59. The summed E-state index contributed by atoms with van der Waals surface area (Å²) in [6.07, 6.45) is 1.62. The Morgan fingerprint density at radius 2 is 2.06 bits per heavy atom. The van der Waals surface area contributed by atoms with Gasteiger partial charge in [-0.15, -0.1) is 0 Å². The molecule has 2 N–H and O–H groups in total. The summed E-state index contributed by atoms with van der Waals surface area (Å²) in [6, 6.07) is 11.5. The van der Waals surface area contributed by atoms with E-state index in [-0.39, 0.29) is 0 Å². The van der Waals surface area contributed by atoms with E-state index in [0.29, 0.717) is 5.69 Å². The summed E-state index contributed by atoms with van der Waals surface area (Å²) in [7, 11) is 0. The number of nitrogen functional groups attached to an aromatic ring is 1. The molecule has 0 aliphatic carbocycles. The number of fused-ring (bicyclic) bond motifs is 1. The number of aromatic nitrogens is 1. The molecule has 0 amide bonds. The lowest BCUT2D eigenvalue weighted by Gasteiger charge is -1.95. The maximum atomic E-state index is 5.74. The number of rotatable bonds is 1. The van der Waals surface area contributed by atoms with E-state index < -0.39 is 0 Å². The van der Waals surface area contributed by atoms with Gasteiger partial charge in [0.25, 0.3) is 0 Å². The molecule has 0 saturated carbocycles. The second kappa shape index (κ2) is 3.89. The lowest BCUT2D eigenvalue weighted by Crippen LogP contribution is -1.86. The molecule has 0 unspecified atom stereocenters. The van der Waals surface area contributed by atoms with Crippen LogP contribution in [-0.4, -0.2) is 4.98 Å². The number of hydrogen-bond acceptors (Lipinski definition) is 3. The molecule has 0 spiro atoms. The molecule has 3 aromatic rings. The largest absolute Gasteiger partial charge is 0.454 e. The molecule has 84 valence electrons. The van der Waals surface area contributed by atoms with Crippen LogP contribution in [0.3, 0.4) is 0 Å². The van der Waals surface area contributed by atoms with Gasteiger partial charge >= 0.3 is 0 Å². The van der Waals surface area contributed by atoms with E-state index in [9.17, 15) is 0 Å². The summed E-state index contributed by atoms with van der Waals surface area (Å²) in [5, 5.41) is 1.04. The van der Waals surface area contributed by atoms with Crippen molar-refractivity contribution >= 4 is 32.6 Å². The first-order valence-corrected chi connectivity index (χ1v) is 5.93. The Hall–Kier alpha value is -1.81. The SMILES string of the molecule is Nc1ccc(-c2cc3c(Br)cccc3o2)nc1. The van der Waals surface area contributed by atoms with E-state index in [1.807, 2.05) is 36.4 Å². The molecule has 2 heterocycles. The second-order valence-electron chi connectivity index (χ2n) is 3.74. The molecule has 0 fully saturated rings. The van der Waals surface area contributed by atoms with Crippen molar-refractivity contribution in [1.82, 2.24) is 4.98 Å². The first-order valence-electron chi connectivity index (χ1n) is 5.14. The van der Waals surface area contributed by atoms with Crippen molar-refractivity contribution in [2.45, 2.75) is 0 Å². The summed E-state index contributed by atoms with van der Waals surface area (Å²) in [5.74, 6) is 0.743. The summed E-state index contributed by atoms with van der Waals surface area (Å²) < 4.78 is 6.76. The molecule has 0 bridgehead atoms. The molecule has 17 heavy (non-hydrogen) atoms. The fourth-order valence-corrected chi connectivity index (χ4v) is 2.17. The van der Waals surface area contributed by atoms with Crippen molar-refractivity contribution in [3.8, 4) is 11.5 Å². The Morgan fingerprint density at radius 3 is 2.76 bits per heavy atom. The highest BCUT2D eigenvalue weighted by molar-refractivity contribution is 9.10. The van der Waals surface area contributed by atoms with E-state index in [1.165, 1.54) is 0 Å². The van der Waals surface area contributed by atoms with E-state index in [0.717, 1.165) is 26.9 Å². The Kier molecular flexibility index (Phi) is 2.37. The van der Waals surface area contributed by atoms with Crippen LogP contribution in [0.25, 0.3) is 22.4 Å². The molecule has 0 atom stereocenters. The highest BCUT2D eigenvalue weighted by Gasteiger charge is 2.08. The molecule has 0 radical (unpaired) electrons. The van der Waals surface area contributed by atoms with Crippen molar-refractivity contribution in [2.75, 3.05) is 5.73 Å². The van der Waals surface area contributed by atoms with Crippen LogP contribution in [0.15, 0.2) is 51.5 Å². The number of furan rings is 1. The lowest BCUT2D eigenvalue weighted by molar-refractivity contribution is 0.628. The van der Waals surface area contributed by atoms with Gasteiger partial charge in [0.1, 0.15) is 11.3 Å². The van der Waals surface area contributed by atoms with Gasteiger partial charge < -0.3 is 10.2 Å². The van der Waals surface area contributed by atoms with E-state index in [4.69, 9.17) is 10.2 Å². The third-order valence-corrected chi connectivity index (χ3v) is 3.24. The minimum Gasteiger partial charge on any atom is -0.454 e. The van der Waals surface area contributed by atoms with Gasteiger partial charge in [-0.1, -0.05) is 22.0 Å². The van der Waals surface area contributed by atoms with Crippen molar-refractivity contribution in [2.24, 2.45) is 0 Å². The van der Waals surface area contributed by atoms with Gasteiger partial charge in [-0.2, -0.15) is 0 Å². The maximum Gasteiger partial charge on any atom is 0.153 e. The molecule has 0 saturated heterocycles. The summed E-state index contributed by atoms with van der Waals surface area (Å²) in [4.78, 5) is 4.24. The number of nitrogens with zero attached hydrogens (tertiary/aromatic N) is 1. The average molecular weight is 289 g/mol. The minimum absolute atomic E-state index is 0.644. The van der Waals surface area contributed by atoms with Crippen LogP contribution in [-0.2, 0) is 0 Å². The van der Waals surface area contributed by atoms with E-state index in [1.54, 1.807) is 6.20 Å². The molecule has 2 aromatic heterocycles. The normalized spacial score (nSPS) is 10.9. The van der Waals surface area contributed by atoms with Crippen molar-refractivity contribution in [3.63, 3.8) is 0 Å². The van der Waals surface area contributed by atoms with Gasteiger partial charge in [-0.3, -0.25) is 4.98 Å². The van der Waals surface area contributed by atoms with Gasteiger partial charge in [-0.25, -0.2) is 0 Å². The number of hydrogen-bond donors (Lipinski definition) is 1. The lowest BCUT2D eigenvalue weighted by atomic mass is 10.2. The number of benzene rings is 1. The third kappa shape index (κ3) is 1.80. The molecule has 1 aromatic carbocycles. The molecule has 4 heteroatoms. The molecular weight excluding hydrogens is 280 g/mol. The monoisotopic (exact) mass is 288 g/mol. The first-order chi connectivity index (χ1) is 8.24. The molecule has 0 aliphatic rings. The summed E-state index contributed by atoms with van der Waals surface area (Å²) in [5.41, 5.74) is 7.87. The predicted molar refractivity (Wildman–Crippen MR) is 71.6 cm³/mol. The van der Waals surface area contributed by atoms with Crippen LogP contribution in [0.1, 0.15) is 0 Å². The number of anilines is 1. The van der Waals surface area contributed by atoms with Crippen molar-refractivity contribution < 1.29 is 4.42 Å². The highest BCUT2D eigenvalue weighted by Crippen LogP contribution is 2.31. The molecule has 3 nitrogen and oxygen atoms in total. The van der Waals surface area contributed by atoms with Crippen molar-refractivity contribution in [1.29, 1.82) is 0 Å². The average Bonchev–Trinajstić information content (AvgIpc) is 2.75. The van der Waals surface area contributed by atoms with Gasteiger partial charge in [0.2, 0.25) is 0 Å². The Morgan fingerprint density at radius 1 is 1.18 bits per heavy atom.